The molecule has 0 N–H and O–H groups in total. The monoisotopic (exact) mass is 420 g/mol. The van der Waals surface area contributed by atoms with E-state index in [1.807, 2.05) is 0 Å². The van der Waals surface area contributed by atoms with E-state index in [9.17, 15) is 0 Å². The molecule has 1 rings (SSSR count). The van der Waals surface area contributed by atoms with Crippen LogP contribution in [0.3, 0.4) is 0 Å². The minimum absolute atomic E-state index is 0.611. The van der Waals surface area contributed by atoms with E-state index in [1.165, 1.54) is 34.5 Å². The summed E-state index contributed by atoms with van der Waals surface area (Å²) in [5, 5.41) is 0. The molecule has 1 saturated carbocycles. The van der Waals surface area contributed by atoms with Gasteiger partial charge in [-0.05, 0) is 42.4 Å². The SMILES string of the molecule is CCC1(CI)CC(C)CC(C)(CI)C1. The van der Waals surface area contributed by atoms with Gasteiger partial charge in [0.05, 0.1) is 0 Å². The van der Waals surface area contributed by atoms with Crippen molar-refractivity contribution >= 4 is 45.2 Å². The zero-order chi connectivity index (χ0) is 10.8. The Bertz CT molecular complexity index is 187. The van der Waals surface area contributed by atoms with Gasteiger partial charge in [0, 0.05) is 8.86 Å². The van der Waals surface area contributed by atoms with Crippen molar-refractivity contribution < 1.29 is 0 Å². The minimum Gasteiger partial charge on any atom is -0.0858 e. The first kappa shape index (κ1) is 13.5. The summed E-state index contributed by atoms with van der Waals surface area (Å²) >= 11 is 5.18. The van der Waals surface area contributed by atoms with Gasteiger partial charge < -0.3 is 0 Å². The van der Waals surface area contributed by atoms with Crippen molar-refractivity contribution in [1.82, 2.24) is 0 Å². The Morgan fingerprint density at radius 2 is 1.86 bits per heavy atom. The maximum absolute atomic E-state index is 2.60. The number of halogens is 2. The predicted octanol–water partition coefficient (Wildman–Crippen LogP) is 5.08. The van der Waals surface area contributed by atoms with E-state index in [0.717, 1.165) is 5.92 Å². The maximum atomic E-state index is 2.60. The van der Waals surface area contributed by atoms with Crippen molar-refractivity contribution in [3.63, 3.8) is 0 Å². The van der Waals surface area contributed by atoms with Crippen LogP contribution in [0.15, 0.2) is 0 Å². The number of rotatable bonds is 3. The van der Waals surface area contributed by atoms with Gasteiger partial charge in [0.25, 0.3) is 0 Å². The van der Waals surface area contributed by atoms with Gasteiger partial charge in [0.1, 0.15) is 0 Å². The van der Waals surface area contributed by atoms with Crippen LogP contribution in [0, 0.1) is 16.7 Å². The Morgan fingerprint density at radius 1 is 1.21 bits per heavy atom. The topological polar surface area (TPSA) is 0 Å². The molecule has 1 fully saturated rings. The van der Waals surface area contributed by atoms with E-state index < -0.39 is 0 Å². The maximum Gasteiger partial charge on any atom is 0.00522 e. The van der Waals surface area contributed by atoms with Gasteiger partial charge in [-0.3, -0.25) is 0 Å². The standard InChI is InChI=1S/C12H22I2/c1-4-12(9-14)6-10(2)5-11(3,7-12)8-13/h10H,4-9H2,1-3H3. The summed E-state index contributed by atoms with van der Waals surface area (Å²) < 4.78 is 2.67. The van der Waals surface area contributed by atoms with Crippen LogP contribution in [0.25, 0.3) is 0 Å². The van der Waals surface area contributed by atoms with Gasteiger partial charge in [0.15, 0.2) is 0 Å². The van der Waals surface area contributed by atoms with Gasteiger partial charge >= 0.3 is 0 Å². The highest BCUT2D eigenvalue weighted by Gasteiger charge is 2.42. The average molecular weight is 420 g/mol. The Labute approximate surface area is 116 Å². The fourth-order valence-corrected chi connectivity index (χ4v) is 4.97. The molecule has 0 nitrogen and oxygen atoms in total. The van der Waals surface area contributed by atoms with Crippen LogP contribution in [0.1, 0.15) is 46.5 Å². The number of hydrogen-bond donors (Lipinski definition) is 0. The predicted molar refractivity (Wildman–Crippen MR) is 81.6 cm³/mol. The van der Waals surface area contributed by atoms with Crippen LogP contribution in [-0.4, -0.2) is 8.86 Å². The number of alkyl halides is 2. The summed E-state index contributed by atoms with van der Waals surface area (Å²) in [6.45, 7) is 7.32. The van der Waals surface area contributed by atoms with Crippen LogP contribution >= 0.6 is 45.2 Å². The molecular weight excluding hydrogens is 398 g/mol. The molecule has 1 aliphatic carbocycles. The van der Waals surface area contributed by atoms with E-state index in [0.29, 0.717) is 10.8 Å². The molecule has 14 heavy (non-hydrogen) atoms. The highest BCUT2D eigenvalue weighted by atomic mass is 127. The molecule has 0 heterocycles. The van der Waals surface area contributed by atoms with Crippen LogP contribution in [0.4, 0.5) is 0 Å². The lowest BCUT2D eigenvalue weighted by molar-refractivity contribution is 0.0692. The fraction of sp³-hybridized carbons (Fsp3) is 1.00. The highest BCUT2D eigenvalue weighted by Crippen LogP contribution is 2.52. The molecule has 0 spiro atoms. The first-order valence-corrected chi connectivity index (χ1v) is 8.66. The quantitative estimate of drug-likeness (QED) is 0.442. The Kier molecular flexibility index (Phi) is 5.02. The summed E-state index contributed by atoms with van der Waals surface area (Å²) in [4.78, 5) is 0. The van der Waals surface area contributed by atoms with Crippen LogP contribution in [0.2, 0.25) is 0 Å². The normalized spacial score (nSPS) is 43.9. The summed E-state index contributed by atoms with van der Waals surface area (Å²) in [5.41, 5.74) is 1.26. The Hall–Kier alpha value is 1.46. The molecule has 0 aromatic carbocycles. The Balaban J connectivity index is 2.80. The molecule has 3 unspecified atom stereocenters. The summed E-state index contributed by atoms with van der Waals surface area (Å²) in [5.74, 6) is 0.929. The van der Waals surface area contributed by atoms with Crippen LogP contribution in [0.5, 0.6) is 0 Å². The largest absolute Gasteiger partial charge is 0.0858 e. The van der Waals surface area contributed by atoms with E-state index in [1.54, 1.807) is 0 Å². The average Bonchev–Trinajstić information content (AvgIpc) is 2.16. The van der Waals surface area contributed by atoms with E-state index >= 15 is 0 Å². The van der Waals surface area contributed by atoms with Gasteiger partial charge in [-0.25, -0.2) is 0 Å². The first-order valence-electron chi connectivity index (χ1n) is 5.61. The van der Waals surface area contributed by atoms with E-state index in [4.69, 9.17) is 0 Å². The van der Waals surface area contributed by atoms with E-state index in [2.05, 4.69) is 66.0 Å². The molecule has 84 valence electrons. The lowest BCUT2D eigenvalue weighted by atomic mass is 9.60. The third-order valence-electron chi connectivity index (χ3n) is 3.78. The van der Waals surface area contributed by atoms with Gasteiger partial charge in [-0.15, -0.1) is 0 Å². The highest BCUT2D eigenvalue weighted by molar-refractivity contribution is 14.1. The van der Waals surface area contributed by atoms with Crippen molar-refractivity contribution in [2.24, 2.45) is 16.7 Å². The molecular formula is C12H22I2. The smallest absolute Gasteiger partial charge is 0.00522 e. The summed E-state index contributed by atoms with van der Waals surface area (Å²) in [7, 11) is 0. The van der Waals surface area contributed by atoms with Crippen molar-refractivity contribution in [1.29, 1.82) is 0 Å². The molecule has 0 saturated heterocycles. The molecule has 0 bridgehead atoms. The van der Waals surface area contributed by atoms with Crippen molar-refractivity contribution in [2.45, 2.75) is 46.5 Å². The van der Waals surface area contributed by atoms with Crippen LogP contribution < -0.4 is 0 Å². The fourth-order valence-electron chi connectivity index (χ4n) is 3.27. The number of hydrogen-bond acceptors (Lipinski definition) is 0. The molecule has 0 radical (unpaired) electrons. The first-order chi connectivity index (χ1) is 6.49. The van der Waals surface area contributed by atoms with Gasteiger partial charge in [-0.1, -0.05) is 66.0 Å². The zero-order valence-corrected chi connectivity index (χ0v) is 13.9. The zero-order valence-electron chi connectivity index (χ0n) is 9.58. The second-order valence-electron chi connectivity index (χ2n) is 5.62. The van der Waals surface area contributed by atoms with E-state index in [-0.39, 0.29) is 0 Å². The summed E-state index contributed by atoms with van der Waals surface area (Å²) in [6.07, 6.45) is 5.71. The summed E-state index contributed by atoms with van der Waals surface area (Å²) in [6, 6.07) is 0. The molecule has 1 aliphatic rings. The molecule has 0 aromatic heterocycles. The van der Waals surface area contributed by atoms with Crippen LogP contribution in [-0.2, 0) is 0 Å². The van der Waals surface area contributed by atoms with Crippen molar-refractivity contribution in [3.8, 4) is 0 Å². The molecule has 0 aromatic rings. The third-order valence-corrected chi connectivity index (χ3v) is 7.24. The van der Waals surface area contributed by atoms with Gasteiger partial charge in [0.2, 0.25) is 0 Å². The lowest BCUT2D eigenvalue weighted by Gasteiger charge is -2.48. The Morgan fingerprint density at radius 3 is 2.29 bits per heavy atom. The molecule has 0 amide bonds. The lowest BCUT2D eigenvalue weighted by Crippen LogP contribution is -2.39. The third kappa shape index (κ3) is 2.98. The second kappa shape index (κ2) is 5.19. The second-order valence-corrected chi connectivity index (χ2v) is 7.15. The molecule has 3 atom stereocenters. The van der Waals surface area contributed by atoms with Gasteiger partial charge in [-0.2, -0.15) is 0 Å². The van der Waals surface area contributed by atoms with Crippen molar-refractivity contribution in [3.05, 3.63) is 0 Å². The minimum atomic E-state index is 0.611. The van der Waals surface area contributed by atoms with Crippen molar-refractivity contribution in [2.75, 3.05) is 8.86 Å². The molecule has 2 heteroatoms. The molecule has 0 aliphatic heterocycles.